The zero-order valence-electron chi connectivity index (χ0n) is 17.5. The third-order valence-electron chi connectivity index (χ3n) is 4.14. The topological polar surface area (TPSA) is 143 Å². The van der Waals surface area contributed by atoms with Gasteiger partial charge in [-0.2, -0.15) is 5.10 Å². The van der Waals surface area contributed by atoms with Crippen molar-refractivity contribution in [3.05, 3.63) is 65.7 Å². The van der Waals surface area contributed by atoms with Gasteiger partial charge in [-0.05, 0) is 36.8 Å². The van der Waals surface area contributed by atoms with Crippen LogP contribution < -0.4 is 15.5 Å². The summed E-state index contributed by atoms with van der Waals surface area (Å²) in [5.74, 6) is -3.18. The Hall–Kier alpha value is -4.21. The minimum Gasteiger partial charge on any atom is -0.476 e. The van der Waals surface area contributed by atoms with E-state index in [1.165, 1.54) is 49.5 Å². The normalized spacial score (nSPS) is 12.4. The SMILES string of the molecule is CCOC(=O)NN=Cc1ccc(C(=O)NC(Oc2ccccc2)(C(=O)O)C(=O)CC)cc1. The smallest absolute Gasteiger partial charge is 0.427 e. The standard InChI is InChI=1S/C22H23N3O7/c1-3-18(26)22(20(28)29,32-17-8-6-5-7-9-17)24-19(27)16-12-10-15(11-13-16)14-23-25-21(30)31-4-2/h5-14H,3-4H2,1-2H3,(H,24,27)(H,25,30)(H,28,29). The minimum atomic E-state index is -2.59. The molecule has 2 amide bonds. The van der Waals surface area contributed by atoms with Crippen molar-refractivity contribution < 1.29 is 33.8 Å². The number of ketones is 1. The van der Waals surface area contributed by atoms with Gasteiger partial charge in [0, 0.05) is 12.0 Å². The first-order valence-electron chi connectivity index (χ1n) is 9.71. The molecule has 0 aliphatic carbocycles. The zero-order valence-corrected chi connectivity index (χ0v) is 17.5. The summed E-state index contributed by atoms with van der Waals surface area (Å²) in [4.78, 5) is 48.5. The predicted molar refractivity (Wildman–Crippen MR) is 114 cm³/mol. The van der Waals surface area contributed by atoms with Crippen LogP contribution in [0, 0.1) is 0 Å². The summed E-state index contributed by atoms with van der Waals surface area (Å²) < 4.78 is 10.1. The molecule has 0 saturated carbocycles. The van der Waals surface area contributed by atoms with Gasteiger partial charge in [-0.25, -0.2) is 15.0 Å². The molecule has 0 saturated heterocycles. The highest BCUT2D eigenvalue weighted by Gasteiger charge is 2.49. The first kappa shape index (κ1) is 24.1. The van der Waals surface area contributed by atoms with E-state index in [0.717, 1.165) is 0 Å². The van der Waals surface area contributed by atoms with E-state index >= 15 is 0 Å². The number of carboxylic acid groups (broad SMARTS) is 1. The van der Waals surface area contributed by atoms with Crippen LogP contribution in [0.4, 0.5) is 4.79 Å². The van der Waals surface area contributed by atoms with Crippen LogP contribution in [0.15, 0.2) is 59.7 Å². The van der Waals surface area contributed by atoms with E-state index < -0.39 is 29.5 Å². The molecular formula is C22H23N3O7. The Morgan fingerprint density at radius 3 is 2.25 bits per heavy atom. The average Bonchev–Trinajstić information content (AvgIpc) is 2.79. The minimum absolute atomic E-state index is 0.0895. The Kier molecular flexibility index (Phi) is 8.46. The van der Waals surface area contributed by atoms with Gasteiger partial charge in [-0.15, -0.1) is 0 Å². The number of amides is 2. The third kappa shape index (κ3) is 6.14. The molecule has 3 N–H and O–H groups in total. The average molecular weight is 441 g/mol. The van der Waals surface area contributed by atoms with Crippen molar-refractivity contribution in [2.24, 2.45) is 5.10 Å². The molecular weight excluding hydrogens is 418 g/mol. The molecule has 0 aliphatic heterocycles. The maximum absolute atomic E-state index is 12.7. The molecule has 2 rings (SSSR count). The maximum atomic E-state index is 12.7. The van der Waals surface area contributed by atoms with Gasteiger partial charge in [-0.3, -0.25) is 14.9 Å². The summed E-state index contributed by atoms with van der Waals surface area (Å²) in [7, 11) is 0. The fourth-order valence-corrected chi connectivity index (χ4v) is 2.56. The number of nitrogens with zero attached hydrogens (tertiary/aromatic N) is 1. The number of aliphatic carboxylic acids is 1. The number of Topliss-reactive ketones (excluding diaryl/α,β-unsaturated/α-hetero) is 1. The number of hydrogen-bond acceptors (Lipinski definition) is 7. The van der Waals surface area contributed by atoms with Crippen LogP contribution in [-0.4, -0.2) is 47.4 Å². The van der Waals surface area contributed by atoms with E-state index in [1.807, 2.05) is 0 Å². The highest BCUT2D eigenvalue weighted by Crippen LogP contribution is 2.20. The van der Waals surface area contributed by atoms with E-state index in [-0.39, 0.29) is 24.3 Å². The van der Waals surface area contributed by atoms with Gasteiger partial charge in [0.15, 0.2) is 0 Å². The number of carbonyl (C=O) groups is 4. The molecule has 0 radical (unpaired) electrons. The second kappa shape index (κ2) is 11.3. The molecule has 168 valence electrons. The summed E-state index contributed by atoms with van der Waals surface area (Å²) in [6.45, 7) is 3.33. The molecule has 0 bridgehead atoms. The van der Waals surface area contributed by atoms with Gasteiger partial charge in [-0.1, -0.05) is 37.3 Å². The van der Waals surface area contributed by atoms with Crippen molar-refractivity contribution in [2.75, 3.05) is 6.61 Å². The Balaban J connectivity index is 2.20. The lowest BCUT2D eigenvalue weighted by Gasteiger charge is -2.29. The van der Waals surface area contributed by atoms with Crippen LogP contribution in [0.5, 0.6) is 5.75 Å². The summed E-state index contributed by atoms with van der Waals surface area (Å²) in [6, 6.07) is 13.7. The van der Waals surface area contributed by atoms with Crippen molar-refractivity contribution in [1.82, 2.24) is 10.7 Å². The molecule has 0 aliphatic rings. The quantitative estimate of drug-likeness (QED) is 0.222. The number of ether oxygens (including phenoxy) is 2. The van der Waals surface area contributed by atoms with E-state index in [1.54, 1.807) is 25.1 Å². The maximum Gasteiger partial charge on any atom is 0.427 e. The lowest BCUT2D eigenvalue weighted by Crippen LogP contribution is -2.64. The number of nitrogens with one attached hydrogen (secondary N) is 2. The van der Waals surface area contributed by atoms with Crippen molar-refractivity contribution in [2.45, 2.75) is 26.0 Å². The second-order valence-corrected chi connectivity index (χ2v) is 6.34. The lowest BCUT2D eigenvalue weighted by atomic mass is 10.0. The number of rotatable bonds is 10. The predicted octanol–water partition coefficient (Wildman–Crippen LogP) is 2.34. The van der Waals surface area contributed by atoms with Gasteiger partial charge in [0.25, 0.3) is 5.91 Å². The summed E-state index contributed by atoms with van der Waals surface area (Å²) in [5, 5.41) is 15.7. The Bertz CT molecular complexity index is 990. The van der Waals surface area contributed by atoms with Crippen LogP contribution in [-0.2, 0) is 14.3 Å². The van der Waals surface area contributed by atoms with Gasteiger partial charge < -0.3 is 14.6 Å². The van der Waals surface area contributed by atoms with E-state index in [4.69, 9.17) is 4.74 Å². The molecule has 1 unspecified atom stereocenters. The van der Waals surface area contributed by atoms with Crippen LogP contribution >= 0.6 is 0 Å². The van der Waals surface area contributed by atoms with Gasteiger partial charge in [0.1, 0.15) is 5.75 Å². The Labute approximate surface area is 184 Å². The fraction of sp³-hybridized carbons (Fsp3) is 0.227. The molecule has 0 fully saturated rings. The second-order valence-electron chi connectivity index (χ2n) is 6.34. The monoisotopic (exact) mass is 441 g/mol. The molecule has 32 heavy (non-hydrogen) atoms. The molecule has 0 spiro atoms. The van der Waals surface area contributed by atoms with Crippen molar-refractivity contribution in [3.8, 4) is 5.75 Å². The summed E-state index contributed by atoms with van der Waals surface area (Å²) >= 11 is 0. The van der Waals surface area contributed by atoms with Gasteiger partial charge >= 0.3 is 17.8 Å². The van der Waals surface area contributed by atoms with Crippen LogP contribution in [0.2, 0.25) is 0 Å². The molecule has 10 heteroatoms. The Morgan fingerprint density at radius 2 is 1.69 bits per heavy atom. The number of carboxylic acids is 1. The van der Waals surface area contributed by atoms with Crippen LogP contribution in [0.25, 0.3) is 0 Å². The molecule has 0 aromatic heterocycles. The van der Waals surface area contributed by atoms with Crippen molar-refractivity contribution in [1.29, 1.82) is 0 Å². The summed E-state index contributed by atoms with van der Waals surface area (Å²) in [5.41, 5.74) is 0.217. The highest BCUT2D eigenvalue weighted by molar-refractivity contribution is 6.11. The van der Waals surface area contributed by atoms with Gasteiger partial charge in [0.2, 0.25) is 5.78 Å². The van der Waals surface area contributed by atoms with Crippen LogP contribution in [0.1, 0.15) is 36.2 Å². The molecule has 0 heterocycles. The van der Waals surface area contributed by atoms with E-state index in [0.29, 0.717) is 5.56 Å². The number of benzene rings is 2. The third-order valence-corrected chi connectivity index (χ3v) is 4.14. The molecule has 1 atom stereocenters. The highest BCUT2D eigenvalue weighted by atomic mass is 16.6. The first-order valence-corrected chi connectivity index (χ1v) is 9.71. The lowest BCUT2D eigenvalue weighted by molar-refractivity contribution is -0.164. The van der Waals surface area contributed by atoms with Crippen molar-refractivity contribution >= 4 is 30.0 Å². The molecule has 10 nitrogen and oxygen atoms in total. The van der Waals surface area contributed by atoms with E-state index in [2.05, 4.69) is 20.6 Å². The van der Waals surface area contributed by atoms with Crippen molar-refractivity contribution in [3.63, 3.8) is 0 Å². The fourth-order valence-electron chi connectivity index (χ4n) is 2.56. The number of carbonyl (C=O) groups excluding carboxylic acids is 3. The van der Waals surface area contributed by atoms with Crippen LogP contribution in [0.3, 0.4) is 0 Å². The molecule has 2 aromatic carbocycles. The van der Waals surface area contributed by atoms with Gasteiger partial charge in [0.05, 0.1) is 12.8 Å². The summed E-state index contributed by atoms with van der Waals surface area (Å²) in [6.07, 6.45) is 0.449. The Morgan fingerprint density at radius 1 is 1.03 bits per heavy atom. The first-order chi connectivity index (χ1) is 15.3. The zero-order chi connectivity index (χ0) is 23.6. The number of hydrogen-bond donors (Lipinski definition) is 3. The number of para-hydroxylation sites is 1. The largest absolute Gasteiger partial charge is 0.476 e. The molecule has 2 aromatic rings. The van der Waals surface area contributed by atoms with E-state index in [9.17, 15) is 24.3 Å². The number of hydrazone groups is 1.